The number of benzene rings is 1. The van der Waals surface area contributed by atoms with Gasteiger partial charge < -0.3 is 4.90 Å². The molecule has 1 unspecified atom stereocenters. The summed E-state index contributed by atoms with van der Waals surface area (Å²) >= 11 is 12.2. The summed E-state index contributed by atoms with van der Waals surface area (Å²) in [5, 5.41) is 14.1. The fraction of sp³-hybridized carbons (Fsp3) is 0.600. The first-order chi connectivity index (χ1) is 13.6. The van der Waals surface area contributed by atoms with Crippen molar-refractivity contribution in [3.05, 3.63) is 34.1 Å². The van der Waals surface area contributed by atoms with Crippen molar-refractivity contribution in [2.45, 2.75) is 63.8 Å². The van der Waals surface area contributed by atoms with Gasteiger partial charge in [0.25, 0.3) is 0 Å². The number of hydrogen-bond donors (Lipinski definition) is 0. The molecular formula is C20H25Cl2N5O. The molecule has 1 saturated heterocycles. The predicted molar refractivity (Wildman–Crippen MR) is 109 cm³/mol. The number of halogens is 2. The van der Waals surface area contributed by atoms with Gasteiger partial charge in [-0.05, 0) is 55.5 Å². The molecule has 0 radical (unpaired) electrons. The third-order valence-corrected chi connectivity index (χ3v) is 6.23. The van der Waals surface area contributed by atoms with Gasteiger partial charge in [-0.25, -0.2) is 0 Å². The molecule has 1 saturated carbocycles. The fourth-order valence-corrected chi connectivity index (χ4v) is 4.86. The molecule has 1 amide bonds. The zero-order chi connectivity index (χ0) is 19.5. The minimum absolute atomic E-state index is 0.104. The van der Waals surface area contributed by atoms with Crippen molar-refractivity contribution in [1.82, 2.24) is 25.1 Å². The minimum Gasteiger partial charge on any atom is -0.332 e. The quantitative estimate of drug-likeness (QED) is 0.654. The second-order valence-electron chi connectivity index (χ2n) is 7.80. The molecule has 1 aliphatic heterocycles. The molecule has 0 N–H and O–H groups in total. The van der Waals surface area contributed by atoms with Crippen LogP contribution in [0.5, 0.6) is 0 Å². The Balaban J connectivity index is 1.56. The lowest BCUT2D eigenvalue weighted by Gasteiger charge is -2.36. The number of nitrogens with zero attached hydrogens (tertiary/aromatic N) is 5. The summed E-state index contributed by atoms with van der Waals surface area (Å²) in [7, 11) is 0. The van der Waals surface area contributed by atoms with Crippen LogP contribution in [0.25, 0.3) is 5.69 Å². The van der Waals surface area contributed by atoms with Crippen LogP contribution >= 0.6 is 23.2 Å². The van der Waals surface area contributed by atoms with Gasteiger partial charge in [-0.2, -0.15) is 0 Å². The van der Waals surface area contributed by atoms with E-state index in [2.05, 4.69) is 15.4 Å². The van der Waals surface area contributed by atoms with Crippen LogP contribution in [0.4, 0.5) is 0 Å². The lowest BCUT2D eigenvalue weighted by atomic mass is 9.94. The molecule has 2 aromatic rings. The van der Waals surface area contributed by atoms with E-state index in [0.717, 1.165) is 51.5 Å². The van der Waals surface area contributed by atoms with E-state index in [-0.39, 0.29) is 17.9 Å². The molecule has 2 heterocycles. The molecule has 1 aliphatic carbocycles. The van der Waals surface area contributed by atoms with Crippen LogP contribution in [0.3, 0.4) is 0 Å². The maximum absolute atomic E-state index is 13.3. The van der Waals surface area contributed by atoms with Gasteiger partial charge in [-0.1, -0.05) is 48.9 Å². The molecule has 1 atom stereocenters. The SMILES string of the molecule is O=C(C1CCCCCC1)N1CCCCC1c1nnn(-c2cc(Cl)cc(Cl)c2)n1. The largest absolute Gasteiger partial charge is 0.332 e. The van der Waals surface area contributed by atoms with Gasteiger partial charge in [0.2, 0.25) is 5.91 Å². The van der Waals surface area contributed by atoms with Gasteiger partial charge in [0.1, 0.15) is 0 Å². The van der Waals surface area contributed by atoms with Crippen LogP contribution in [0.2, 0.25) is 10.0 Å². The number of tetrazole rings is 1. The Labute approximate surface area is 175 Å². The number of piperidine rings is 1. The van der Waals surface area contributed by atoms with Gasteiger partial charge in [-0.3, -0.25) is 4.79 Å². The Hall–Kier alpha value is -1.66. The van der Waals surface area contributed by atoms with E-state index < -0.39 is 0 Å². The van der Waals surface area contributed by atoms with E-state index in [1.807, 2.05) is 4.90 Å². The van der Waals surface area contributed by atoms with Gasteiger partial charge in [0.05, 0.1) is 11.7 Å². The third-order valence-electron chi connectivity index (χ3n) is 5.80. The smallest absolute Gasteiger partial charge is 0.226 e. The fourth-order valence-electron chi connectivity index (χ4n) is 4.35. The molecule has 0 spiro atoms. The molecule has 8 heteroatoms. The van der Waals surface area contributed by atoms with Crippen molar-refractivity contribution < 1.29 is 4.79 Å². The number of aromatic nitrogens is 4. The van der Waals surface area contributed by atoms with E-state index in [4.69, 9.17) is 23.2 Å². The summed E-state index contributed by atoms with van der Waals surface area (Å²) in [6, 6.07) is 5.05. The average Bonchev–Trinajstić information content (AvgIpc) is 3.02. The van der Waals surface area contributed by atoms with Gasteiger partial charge in [0, 0.05) is 22.5 Å². The van der Waals surface area contributed by atoms with Crippen molar-refractivity contribution in [3.63, 3.8) is 0 Å². The van der Waals surface area contributed by atoms with Crippen LogP contribution < -0.4 is 0 Å². The van der Waals surface area contributed by atoms with Crippen LogP contribution in [0.15, 0.2) is 18.2 Å². The first-order valence-electron chi connectivity index (χ1n) is 10.2. The highest BCUT2D eigenvalue weighted by Crippen LogP contribution is 2.33. The molecule has 6 nitrogen and oxygen atoms in total. The monoisotopic (exact) mass is 421 g/mol. The summed E-state index contributed by atoms with van der Waals surface area (Å²) in [6.07, 6.45) is 9.77. The standard InChI is InChI=1S/C20H25Cl2N5O/c21-15-11-16(22)13-17(12-15)27-24-19(23-25-27)18-9-5-6-10-26(18)20(28)14-7-3-1-2-4-8-14/h11-14,18H,1-10H2. The first-order valence-corrected chi connectivity index (χ1v) is 10.9. The van der Waals surface area contributed by atoms with Crippen molar-refractivity contribution in [2.24, 2.45) is 5.92 Å². The zero-order valence-corrected chi connectivity index (χ0v) is 17.4. The van der Waals surface area contributed by atoms with E-state index in [9.17, 15) is 4.79 Å². The van der Waals surface area contributed by atoms with Crippen molar-refractivity contribution in [1.29, 1.82) is 0 Å². The Morgan fingerprint density at radius 1 is 0.929 bits per heavy atom. The lowest BCUT2D eigenvalue weighted by molar-refractivity contribution is -0.140. The topological polar surface area (TPSA) is 63.9 Å². The number of carbonyl (C=O) groups is 1. The number of amides is 1. The summed E-state index contributed by atoms with van der Waals surface area (Å²) in [5.41, 5.74) is 0.661. The Bertz CT molecular complexity index is 812. The van der Waals surface area contributed by atoms with Gasteiger partial charge in [-0.15, -0.1) is 15.0 Å². The lowest BCUT2D eigenvalue weighted by Crippen LogP contribution is -2.42. The molecule has 150 valence electrons. The number of rotatable bonds is 3. The Kier molecular flexibility index (Phi) is 6.16. The van der Waals surface area contributed by atoms with Crippen LogP contribution in [-0.4, -0.2) is 37.6 Å². The van der Waals surface area contributed by atoms with Crippen molar-refractivity contribution >= 4 is 29.1 Å². The second-order valence-corrected chi connectivity index (χ2v) is 8.67. The maximum Gasteiger partial charge on any atom is 0.226 e. The van der Waals surface area contributed by atoms with Crippen LogP contribution in [0.1, 0.15) is 69.7 Å². The molecule has 28 heavy (non-hydrogen) atoms. The minimum atomic E-state index is -0.104. The highest BCUT2D eigenvalue weighted by Gasteiger charge is 2.34. The highest BCUT2D eigenvalue weighted by molar-refractivity contribution is 6.34. The molecule has 1 aromatic carbocycles. The second kappa shape index (κ2) is 8.78. The Morgan fingerprint density at radius 2 is 1.61 bits per heavy atom. The number of hydrogen-bond acceptors (Lipinski definition) is 4. The van der Waals surface area contributed by atoms with Gasteiger partial charge in [0.15, 0.2) is 5.82 Å². The van der Waals surface area contributed by atoms with E-state index in [1.165, 1.54) is 17.6 Å². The average molecular weight is 422 g/mol. The zero-order valence-electron chi connectivity index (χ0n) is 15.9. The van der Waals surface area contributed by atoms with Gasteiger partial charge >= 0.3 is 0 Å². The molecule has 1 aromatic heterocycles. The van der Waals surface area contributed by atoms with Crippen LogP contribution in [-0.2, 0) is 4.79 Å². The van der Waals surface area contributed by atoms with E-state index in [1.54, 1.807) is 18.2 Å². The Morgan fingerprint density at radius 3 is 2.32 bits per heavy atom. The number of likely N-dealkylation sites (tertiary alicyclic amines) is 1. The number of carbonyl (C=O) groups excluding carboxylic acids is 1. The third kappa shape index (κ3) is 4.33. The summed E-state index contributed by atoms with van der Waals surface area (Å²) in [5.74, 6) is 1.01. The van der Waals surface area contributed by atoms with Crippen molar-refractivity contribution in [2.75, 3.05) is 6.54 Å². The molecular weight excluding hydrogens is 397 g/mol. The normalized spacial score (nSPS) is 21.5. The maximum atomic E-state index is 13.3. The molecule has 2 fully saturated rings. The summed E-state index contributed by atoms with van der Waals surface area (Å²) in [6.45, 7) is 0.775. The predicted octanol–water partition coefficient (Wildman–Crippen LogP) is 4.99. The van der Waals surface area contributed by atoms with E-state index >= 15 is 0 Å². The summed E-state index contributed by atoms with van der Waals surface area (Å²) in [4.78, 5) is 16.7. The van der Waals surface area contributed by atoms with E-state index in [0.29, 0.717) is 21.6 Å². The highest BCUT2D eigenvalue weighted by atomic mass is 35.5. The molecule has 2 aliphatic rings. The summed E-state index contributed by atoms with van der Waals surface area (Å²) < 4.78 is 0. The van der Waals surface area contributed by atoms with Crippen LogP contribution in [0, 0.1) is 5.92 Å². The molecule has 0 bridgehead atoms. The first kappa shape index (κ1) is 19.6. The van der Waals surface area contributed by atoms with Crippen molar-refractivity contribution in [3.8, 4) is 5.69 Å². The molecule has 4 rings (SSSR count).